The van der Waals surface area contributed by atoms with E-state index in [0.29, 0.717) is 0 Å². The molecule has 0 saturated carbocycles. The van der Waals surface area contributed by atoms with Crippen LogP contribution in [0.4, 0.5) is 0 Å². The molecule has 0 radical (unpaired) electrons. The van der Waals surface area contributed by atoms with E-state index >= 15 is 0 Å². The zero-order valence-corrected chi connectivity index (χ0v) is 11.7. The molecule has 0 bridgehead atoms. The number of para-hydroxylation sites is 1. The number of rotatable bonds is 2. The molecular weight excluding hydrogens is 248 g/mol. The minimum Gasteiger partial charge on any atom is -0.337 e. The van der Waals surface area contributed by atoms with Gasteiger partial charge in [-0.3, -0.25) is 0 Å². The first kappa shape index (κ1) is 11.7. The molecule has 1 aliphatic rings. The number of aromatic nitrogens is 4. The Kier molecular flexibility index (Phi) is 2.62. The maximum atomic E-state index is 4.41. The predicted molar refractivity (Wildman–Crippen MR) is 78.7 cm³/mol. The van der Waals surface area contributed by atoms with Gasteiger partial charge in [-0.2, -0.15) is 0 Å². The van der Waals surface area contributed by atoms with Crippen molar-refractivity contribution in [3.63, 3.8) is 0 Å². The van der Waals surface area contributed by atoms with E-state index in [0.717, 1.165) is 31.2 Å². The molecule has 0 N–H and O–H groups in total. The van der Waals surface area contributed by atoms with Gasteiger partial charge in [0.1, 0.15) is 5.82 Å². The van der Waals surface area contributed by atoms with E-state index in [1.54, 1.807) is 0 Å². The van der Waals surface area contributed by atoms with Crippen LogP contribution in [0, 0.1) is 6.92 Å². The summed E-state index contributed by atoms with van der Waals surface area (Å²) in [4.78, 5) is 0. The summed E-state index contributed by atoms with van der Waals surface area (Å²) >= 11 is 0. The second-order valence-electron chi connectivity index (χ2n) is 5.57. The van der Waals surface area contributed by atoms with Gasteiger partial charge in [0.05, 0.1) is 6.54 Å². The van der Waals surface area contributed by atoms with Crippen LogP contribution in [-0.2, 0) is 19.5 Å². The Morgan fingerprint density at radius 3 is 3.00 bits per heavy atom. The van der Waals surface area contributed by atoms with Gasteiger partial charge in [0.2, 0.25) is 0 Å². The number of aryl methyl sites for hydroxylation is 2. The average Bonchev–Trinajstić information content (AvgIpc) is 3.02. The predicted octanol–water partition coefficient (Wildman–Crippen LogP) is 2.93. The van der Waals surface area contributed by atoms with Crippen LogP contribution < -0.4 is 0 Å². The van der Waals surface area contributed by atoms with E-state index in [1.807, 2.05) is 0 Å². The molecule has 0 fully saturated rings. The van der Waals surface area contributed by atoms with Crippen molar-refractivity contribution >= 4 is 10.9 Å². The van der Waals surface area contributed by atoms with E-state index in [-0.39, 0.29) is 0 Å². The molecule has 4 rings (SSSR count). The number of fused-ring (bicyclic) bond motifs is 2. The van der Waals surface area contributed by atoms with Crippen molar-refractivity contribution in [3.05, 3.63) is 47.7 Å². The lowest BCUT2D eigenvalue weighted by atomic mass is 10.2. The molecule has 3 aromatic rings. The zero-order chi connectivity index (χ0) is 13.5. The van der Waals surface area contributed by atoms with Crippen LogP contribution in [-0.4, -0.2) is 19.3 Å². The summed E-state index contributed by atoms with van der Waals surface area (Å²) in [6.45, 7) is 4.04. The number of hydrogen-bond donors (Lipinski definition) is 0. The molecular formula is C16H18N4. The Bertz CT molecular complexity index is 766. The van der Waals surface area contributed by atoms with Crippen LogP contribution in [0.15, 0.2) is 30.3 Å². The van der Waals surface area contributed by atoms with Crippen LogP contribution in [0.2, 0.25) is 0 Å². The minimum absolute atomic E-state index is 0.812. The Hall–Kier alpha value is -2.10. The number of nitrogens with zero attached hydrogens (tertiary/aromatic N) is 4. The van der Waals surface area contributed by atoms with Gasteiger partial charge in [0.15, 0.2) is 5.82 Å². The second kappa shape index (κ2) is 4.47. The maximum Gasteiger partial charge on any atom is 0.153 e. The van der Waals surface area contributed by atoms with Crippen LogP contribution in [0.1, 0.15) is 30.2 Å². The van der Waals surface area contributed by atoms with Crippen LogP contribution in [0.5, 0.6) is 0 Å². The molecule has 0 aliphatic carbocycles. The van der Waals surface area contributed by atoms with Crippen LogP contribution in [0.25, 0.3) is 10.9 Å². The summed E-state index contributed by atoms with van der Waals surface area (Å²) < 4.78 is 4.64. The topological polar surface area (TPSA) is 35.6 Å². The Labute approximate surface area is 118 Å². The lowest BCUT2D eigenvalue weighted by Crippen LogP contribution is -2.15. The van der Waals surface area contributed by atoms with Gasteiger partial charge in [0.25, 0.3) is 0 Å². The molecule has 20 heavy (non-hydrogen) atoms. The molecule has 1 aromatic carbocycles. The molecule has 2 aromatic heterocycles. The summed E-state index contributed by atoms with van der Waals surface area (Å²) in [6.07, 6.45) is 3.55. The van der Waals surface area contributed by atoms with E-state index < -0.39 is 0 Å². The highest BCUT2D eigenvalue weighted by Gasteiger charge is 2.17. The van der Waals surface area contributed by atoms with Gasteiger partial charge in [-0.1, -0.05) is 18.2 Å². The Balaban J connectivity index is 1.78. The number of hydrogen-bond acceptors (Lipinski definition) is 2. The molecule has 0 unspecified atom stereocenters. The molecule has 4 nitrogen and oxygen atoms in total. The van der Waals surface area contributed by atoms with Crippen molar-refractivity contribution in [1.82, 2.24) is 19.3 Å². The van der Waals surface area contributed by atoms with Crippen molar-refractivity contribution in [2.75, 3.05) is 0 Å². The zero-order valence-electron chi connectivity index (χ0n) is 11.7. The maximum absolute atomic E-state index is 4.41. The first-order chi connectivity index (χ1) is 9.83. The molecule has 4 heteroatoms. The van der Waals surface area contributed by atoms with Gasteiger partial charge in [0, 0.05) is 24.2 Å². The van der Waals surface area contributed by atoms with E-state index in [4.69, 9.17) is 0 Å². The quantitative estimate of drug-likeness (QED) is 0.715. The molecule has 102 valence electrons. The smallest absolute Gasteiger partial charge is 0.153 e. The van der Waals surface area contributed by atoms with Crippen molar-refractivity contribution in [2.24, 2.45) is 0 Å². The summed E-state index contributed by atoms with van der Waals surface area (Å²) in [7, 11) is 0. The fourth-order valence-corrected chi connectivity index (χ4v) is 3.19. The van der Waals surface area contributed by atoms with E-state index in [2.05, 4.69) is 56.6 Å². The highest BCUT2D eigenvalue weighted by molar-refractivity contribution is 5.81. The second-order valence-corrected chi connectivity index (χ2v) is 5.57. The van der Waals surface area contributed by atoms with Gasteiger partial charge in [-0.15, -0.1) is 10.2 Å². The van der Waals surface area contributed by atoms with E-state index in [1.165, 1.54) is 29.4 Å². The minimum atomic E-state index is 0.812. The lowest BCUT2D eigenvalue weighted by Gasteiger charge is -2.15. The molecule has 0 spiro atoms. The Morgan fingerprint density at radius 2 is 2.05 bits per heavy atom. The van der Waals surface area contributed by atoms with Crippen LogP contribution >= 0.6 is 0 Å². The SMILES string of the molecule is Cc1cc2ccccc2n1Cc1nnc2n1CCCC2. The molecule has 0 atom stereocenters. The first-order valence-corrected chi connectivity index (χ1v) is 7.29. The fraction of sp³-hybridized carbons (Fsp3) is 0.375. The highest BCUT2D eigenvalue weighted by Crippen LogP contribution is 2.21. The van der Waals surface area contributed by atoms with Gasteiger partial charge < -0.3 is 9.13 Å². The molecule has 0 saturated heterocycles. The Morgan fingerprint density at radius 1 is 1.15 bits per heavy atom. The van der Waals surface area contributed by atoms with Crippen molar-refractivity contribution in [2.45, 2.75) is 39.3 Å². The average molecular weight is 266 g/mol. The van der Waals surface area contributed by atoms with Gasteiger partial charge in [-0.25, -0.2) is 0 Å². The van der Waals surface area contributed by atoms with Crippen molar-refractivity contribution in [3.8, 4) is 0 Å². The molecule has 0 amide bonds. The van der Waals surface area contributed by atoms with Gasteiger partial charge in [-0.05, 0) is 37.3 Å². The summed E-state index contributed by atoms with van der Waals surface area (Å²) in [6, 6.07) is 10.8. The third-order valence-corrected chi connectivity index (χ3v) is 4.25. The third-order valence-electron chi connectivity index (χ3n) is 4.25. The van der Waals surface area contributed by atoms with Crippen molar-refractivity contribution < 1.29 is 0 Å². The number of benzene rings is 1. The third kappa shape index (κ3) is 1.75. The van der Waals surface area contributed by atoms with E-state index in [9.17, 15) is 0 Å². The normalized spacial score (nSPS) is 14.7. The molecule has 1 aliphatic heterocycles. The van der Waals surface area contributed by atoms with Crippen molar-refractivity contribution in [1.29, 1.82) is 0 Å². The molecule has 3 heterocycles. The summed E-state index contributed by atoms with van der Waals surface area (Å²) in [5.74, 6) is 2.24. The van der Waals surface area contributed by atoms with Gasteiger partial charge >= 0.3 is 0 Å². The van der Waals surface area contributed by atoms with Crippen LogP contribution in [0.3, 0.4) is 0 Å². The summed E-state index contributed by atoms with van der Waals surface area (Å²) in [5, 5.41) is 10.1. The largest absolute Gasteiger partial charge is 0.337 e. The summed E-state index contributed by atoms with van der Waals surface area (Å²) in [5.41, 5.74) is 2.55. The standard InChI is InChI=1S/C16H18N4/c1-12-10-13-6-2-3-7-14(13)20(12)11-16-18-17-15-8-4-5-9-19(15)16/h2-3,6-7,10H,4-5,8-9,11H2,1H3. The first-order valence-electron chi connectivity index (χ1n) is 7.29. The highest BCUT2D eigenvalue weighted by atomic mass is 15.3. The lowest BCUT2D eigenvalue weighted by molar-refractivity contribution is 0.502. The fourth-order valence-electron chi connectivity index (χ4n) is 3.19. The monoisotopic (exact) mass is 266 g/mol.